The number of allylic oxidation sites excluding steroid dienone is 2. The fraction of sp³-hybridized carbons (Fsp3) is 0.921. The molecule has 0 amide bonds. The van der Waals surface area contributed by atoms with Crippen LogP contribution in [-0.4, -0.2) is 37.2 Å². The Morgan fingerprint density at radius 3 is 0.739 bits per heavy atom. The first-order chi connectivity index (χ1) is 34.0. The smallest absolute Gasteiger partial charge is 0.306 e. The molecule has 0 rings (SSSR count). The molecule has 0 fully saturated rings. The Morgan fingerprint density at radius 1 is 0.275 bits per heavy atom. The lowest BCUT2D eigenvalue weighted by Gasteiger charge is -2.18. The molecule has 0 aliphatic carbocycles. The van der Waals surface area contributed by atoms with E-state index in [0.717, 1.165) is 57.8 Å². The van der Waals surface area contributed by atoms with Crippen molar-refractivity contribution in [1.82, 2.24) is 0 Å². The van der Waals surface area contributed by atoms with Crippen molar-refractivity contribution in [1.29, 1.82) is 0 Å². The van der Waals surface area contributed by atoms with Crippen molar-refractivity contribution in [3.05, 3.63) is 12.2 Å². The van der Waals surface area contributed by atoms with Gasteiger partial charge in [0.1, 0.15) is 13.2 Å². The van der Waals surface area contributed by atoms with Gasteiger partial charge in [0.25, 0.3) is 0 Å². The van der Waals surface area contributed by atoms with Gasteiger partial charge in [0, 0.05) is 19.3 Å². The van der Waals surface area contributed by atoms with E-state index in [-0.39, 0.29) is 31.1 Å². The minimum absolute atomic E-state index is 0.0647. The topological polar surface area (TPSA) is 78.9 Å². The van der Waals surface area contributed by atoms with Crippen molar-refractivity contribution in [2.24, 2.45) is 0 Å². The van der Waals surface area contributed by atoms with Crippen molar-refractivity contribution in [3.63, 3.8) is 0 Å². The zero-order valence-corrected chi connectivity index (χ0v) is 46.9. The van der Waals surface area contributed by atoms with E-state index in [9.17, 15) is 14.4 Å². The predicted octanol–water partition coefficient (Wildman–Crippen LogP) is 20.9. The maximum absolute atomic E-state index is 12.9. The highest BCUT2D eigenvalue weighted by Crippen LogP contribution is 2.18. The number of unbranched alkanes of at least 4 members (excludes halogenated alkanes) is 45. The fourth-order valence-electron chi connectivity index (χ4n) is 9.56. The Labute approximate surface area is 431 Å². The molecule has 0 saturated heterocycles. The lowest BCUT2D eigenvalue weighted by molar-refractivity contribution is -0.167. The molecule has 0 aromatic rings. The van der Waals surface area contributed by atoms with Gasteiger partial charge >= 0.3 is 17.9 Å². The van der Waals surface area contributed by atoms with Crippen molar-refractivity contribution in [2.45, 2.75) is 361 Å². The van der Waals surface area contributed by atoms with Crippen LogP contribution in [0.15, 0.2) is 12.2 Å². The third-order valence-corrected chi connectivity index (χ3v) is 14.3. The number of esters is 3. The summed E-state index contributed by atoms with van der Waals surface area (Å²) < 4.78 is 16.9. The van der Waals surface area contributed by atoms with Crippen LogP contribution in [0.5, 0.6) is 0 Å². The number of carbonyl (C=O) groups excluding carboxylic acids is 3. The summed E-state index contributed by atoms with van der Waals surface area (Å²) in [6.07, 6.45) is 67.8. The van der Waals surface area contributed by atoms with Crippen molar-refractivity contribution in [2.75, 3.05) is 13.2 Å². The molecule has 0 aromatic heterocycles. The van der Waals surface area contributed by atoms with Gasteiger partial charge in [-0.2, -0.15) is 0 Å². The second kappa shape index (κ2) is 58.7. The number of carbonyl (C=O) groups is 3. The van der Waals surface area contributed by atoms with E-state index in [1.807, 2.05) is 0 Å². The lowest BCUT2D eigenvalue weighted by Crippen LogP contribution is -2.30. The van der Waals surface area contributed by atoms with Gasteiger partial charge in [0.05, 0.1) is 0 Å². The normalized spacial score (nSPS) is 12.0. The summed E-state index contributed by atoms with van der Waals surface area (Å²) in [5.41, 5.74) is 0. The third-order valence-electron chi connectivity index (χ3n) is 14.3. The second-order valence-corrected chi connectivity index (χ2v) is 21.3. The Morgan fingerprint density at radius 2 is 0.478 bits per heavy atom. The van der Waals surface area contributed by atoms with Crippen LogP contribution >= 0.6 is 0 Å². The zero-order chi connectivity index (χ0) is 50.0. The van der Waals surface area contributed by atoms with Crippen LogP contribution in [0, 0.1) is 0 Å². The largest absolute Gasteiger partial charge is 0.462 e. The average molecular weight is 974 g/mol. The van der Waals surface area contributed by atoms with Gasteiger partial charge in [0.2, 0.25) is 0 Å². The van der Waals surface area contributed by atoms with Crippen LogP contribution in [0.2, 0.25) is 0 Å². The van der Waals surface area contributed by atoms with Crippen molar-refractivity contribution < 1.29 is 28.6 Å². The summed E-state index contributed by atoms with van der Waals surface area (Å²) in [4.78, 5) is 38.3. The van der Waals surface area contributed by atoms with Crippen LogP contribution in [0.3, 0.4) is 0 Å². The first kappa shape index (κ1) is 67.1. The van der Waals surface area contributed by atoms with E-state index in [4.69, 9.17) is 14.2 Å². The number of hydrogen-bond donors (Lipinski definition) is 0. The van der Waals surface area contributed by atoms with Crippen LogP contribution in [0.25, 0.3) is 0 Å². The fourth-order valence-corrected chi connectivity index (χ4v) is 9.56. The van der Waals surface area contributed by atoms with Crippen LogP contribution in [-0.2, 0) is 28.6 Å². The van der Waals surface area contributed by atoms with E-state index in [1.54, 1.807) is 0 Å². The summed E-state index contributed by atoms with van der Waals surface area (Å²) in [5.74, 6) is -0.840. The summed E-state index contributed by atoms with van der Waals surface area (Å²) in [6.45, 7) is 6.70. The molecule has 0 aromatic carbocycles. The molecule has 0 aliphatic rings. The highest BCUT2D eigenvalue weighted by atomic mass is 16.6. The minimum Gasteiger partial charge on any atom is -0.462 e. The molecule has 1 atom stereocenters. The molecule has 6 nitrogen and oxygen atoms in total. The summed E-state index contributed by atoms with van der Waals surface area (Å²) >= 11 is 0. The van der Waals surface area contributed by atoms with E-state index in [1.165, 1.54) is 257 Å². The number of ether oxygens (including phenoxy) is 3. The molecule has 0 aliphatic heterocycles. The molecular formula is C63H120O6. The van der Waals surface area contributed by atoms with E-state index >= 15 is 0 Å². The number of hydrogen-bond acceptors (Lipinski definition) is 6. The highest BCUT2D eigenvalue weighted by molar-refractivity contribution is 5.71. The van der Waals surface area contributed by atoms with Crippen molar-refractivity contribution >= 4 is 17.9 Å². The summed E-state index contributed by atoms with van der Waals surface area (Å²) in [7, 11) is 0. The molecule has 0 bridgehead atoms. The van der Waals surface area contributed by atoms with E-state index in [0.29, 0.717) is 19.3 Å². The Hall–Kier alpha value is -1.85. The molecule has 0 saturated carbocycles. The molecule has 0 spiro atoms. The SMILES string of the molecule is CCCCCC/C=C\CCCCCCCCCC(=O)OC[C@H](COC(=O)CCCCCCCCCCCCCCCCCCC)OC(=O)CCCCCCCCCCCCCCCCCCCCC. The quantitative estimate of drug-likeness (QED) is 0.0261. The predicted molar refractivity (Wildman–Crippen MR) is 298 cm³/mol. The monoisotopic (exact) mass is 973 g/mol. The van der Waals surface area contributed by atoms with Crippen LogP contribution in [0.4, 0.5) is 0 Å². The maximum atomic E-state index is 12.9. The third kappa shape index (κ3) is 56.9. The Bertz CT molecular complexity index is 1070. The first-order valence-corrected chi connectivity index (χ1v) is 31.2. The van der Waals surface area contributed by atoms with E-state index < -0.39 is 6.10 Å². The van der Waals surface area contributed by atoms with E-state index in [2.05, 4.69) is 32.9 Å². The molecule has 0 radical (unpaired) electrons. The Kier molecular flexibility index (Phi) is 57.1. The van der Waals surface area contributed by atoms with Gasteiger partial charge in [0.15, 0.2) is 6.10 Å². The van der Waals surface area contributed by atoms with Gasteiger partial charge < -0.3 is 14.2 Å². The van der Waals surface area contributed by atoms with Gasteiger partial charge in [-0.3, -0.25) is 14.4 Å². The standard InChI is InChI=1S/C63H120O6/c1-4-7-10-13-16-19-22-25-28-30-31-33-36-39-42-45-48-51-54-57-63(66)69-60(58-67-61(64)55-52-49-46-43-40-37-34-27-24-21-18-15-12-9-6-3)59-68-62(65)56-53-50-47-44-41-38-35-32-29-26-23-20-17-14-11-8-5-2/h21,24,60H,4-20,22-23,25-59H2,1-3H3/b24-21-/t60-/m1/s1. The van der Waals surface area contributed by atoms with Crippen LogP contribution < -0.4 is 0 Å². The summed E-state index contributed by atoms with van der Waals surface area (Å²) in [6, 6.07) is 0. The zero-order valence-electron chi connectivity index (χ0n) is 46.9. The molecule has 69 heavy (non-hydrogen) atoms. The average Bonchev–Trinajstić information content (AvgIpc) is 3.35. The number of rotatable bonds is 58. The molecule has 0 unspecified atom stereocenters. The molecule has 0 heterocycles. The van der Waals surface area contributed by atoms with Gasteiger partial charge in [-0.05, 0) is 44.9 Å². The van der Waals surface area contributed by atoms with Crippen LogP contribution in [0.1, 0.15) is 355 Å². The summed E-state index contributed by atoms with van der Waals surface area (Å²) in [5, 5.41) is 0. The molecule has 408 valence electrons. The molecular weight excluding hydrogens is 853 g/mol. The van der Waals surface area contributed by atoms with Gasteiger partial charge in [-0.1, -0.05) is 303 Å². The second-order valence-electron chi connectivity index (χ2n) is 21.3. The molecule has 6 heteroatoms. The highest BCUT2D eigenvalue weighted by Gasteiger charge is 2.19. The molecule has 0 N–H and O–H groups in total. The van der Waals surface area contributed by atoms with Crippen molar-refractivity contribution in [3.8, 4) is 0 Å². The maximum Gasteiger partial charge on any atom is 0.306 e. The Balaban J connectivity index is 4.30. The van der Waals surface area contributed by atoms with Gasteiger partial charge in [-0.25, -0.2) is 0 Å². The van der Waals surface area contributed by atoms with Gasteiger partial charge in [-0.15, -0.1) is 0 Å². The minimum atomic E-state index is -0.767. The lowest BCUT2D eigenvalue weighted by atomic mass is 10.0. The first-order valence-electron chi connectivity index (χ1n) is 31.2.